The van der Waals surface area contributed by atoms with Crippen molar-refractivity contribution in [3.05, 3.63) is 30.3 Å². The zero-order valence-corrected chi connectivity index (χ0v) is 11.8. The fourth-order valence-corrected chi connectivity index (χ4v) is 2.27. The average Bonchev–Trinajstić information content (AvgIpc) is 2.91. The molecule has 2 amide bonds. The summed E-state index contributed by atoms with van der Waals surface area (Å²) >= 11 is 0. The van der Waals surface area contributed by atoms with E-state index < -0.39 is 0 Å². The van der Waals surface area contributed by atoms with E-state index >= 15 is 0 Å². The van der Waals surface area contributed by atoms with Crippen molar-refractivity contribution >= 4 is 17.5 Å². The lowest BCUT2D eigenvalue weighted by atomic mass is 10.2. The Kier molecular flexibility index (Phi) is 4.98. The molecule has 1 atom stereocenters. The Morgan fingerprint density at radius 2 is 2.15 bits per heavy atom. The number of nitrogens with one attached hydrogen (secondary N) is 2. The number of hydrogen-bond acceptors (Lipinski definition) is 3. The first kappa shape index (κ1) is 14.4. The van der Waals surface area contributed by atoms with E-state index in [9.17, 15) is 9.59 Å². The van der Waals surface area contributed by atoms with E-state index in [1.54, 1.807) is 0 Å². The molecule has 1 aliphatic rings. The van der Waals surface area contributed by atoms with Crippen LogP contribution in [0, 0.1) is 0 Å². The van der Waals surface area contributed by atoms with Gasteiger partial charge in [0.2, 0.25) is 11.8 Å². The SMILES string of the molecule is CN(CCCNC(=O)[C@@H]1CCC(=O)N1)c1ccccc1. The van der Waals surface area contributed by atoms with Crippen molar-refractivity contribution in [1.29, 1.82) is 0 Å². The Balaban J connectivity index is 1.64. The van der Waals surface area contributed by atoms with Crippen LogP contribution < -0.4 is 15.5 Å². The molecule has 20 heavy (non-hydrogen) atoms. The molecule has 1 aliphatic heterocycles. The molecule has 1 aromatic rings. The smallest absolute Gasteiger partial charge is 0.242 e. The van der Waals surface area contributed by atoms with Gasteiger partial charge in [0, 0.05) is 32.2 Å². The van der Waals surface area contributed by atoms with Crippen molar-refractivity contribution in [3.63, 3.8) is 0 Å². The van der Waals surface area contributed by atoms with Gasteiger partial charge in [0.05, 0.1) is 0 Å². The summed E-state index contributed by atoms with van der Waals surface area (Å²) in [6.07, 6.45) is 1.93. The molecule has 0 bridgehead atoms. The van der Waals surface area contributed by atoms with Crippen LogP contribution in [0.25, 0.3) is 0 Å². The standard InChI is InChI=1S/C15H21N3O2/c1-18(12-6-3-2-4-7-12)11-5-10-16-15(20)13-8-9-14(19)17-13/h2-4,6-7,13H,5,8-11H2,1H3,(H,16,20)(H,17,19)/t13-/m0/s1. The van der Waals surface area contributed by atoms with Gasteiger partial charge in [-0.15, -0.1) is 0 Å². The first-order valence-corrected chi connectivity index (χ1v) is 7.00. The third-order valence-corrected chi connectivity index (χ3v) is 3.48. The molecule has 1 heterocycles. The molecule has 0 saturated carbocycles. The zero-order valence-electron chi connectivity index (χ0n) is 11.8. The van der Waals surface area contributed by atoms with Gasteiger partial charge in [0.1, 0.15) is 6.04 Å². The normalized spacial score (nSPS) is 17.6. The van der Waals surface area contributed by atoms with Crippen LogP contribution in [0.5, 0.6) is 0 Å². The van der Waals surface area contributed by atoms with Crippen LogP contribution in [0.1, 0.15) is 19.3 Å². The number of anilines is 1. The molecule has 0 aliphatic carbocycles. The Bertz CT molecular complexity index is 461. The van der Waals surface area contributed by atoms with Crippen molar-refractivity contribution in [2.75, 3.05) is 25.0 Å². The molecule has 0 spiro atoms. The van der Waals surface area contributed by atoms with E-state index in [-0.39, 0.29) is 17.9 Å². The molecule has 1 aromatic carbocycles. The highest BCUT2D eigenvalue weighted by Gasteiger charge is 2.26. The maximum Gasteiger partial charge on any atom is 0.242 e. The van der Waals surface area contributed by atoms with Crippen LogP contribution in [-0.4, -0.2) is 38.0 Å². The number of carbonyl (C=O) groups is 2. The summed E-state index contributed by atoms with van der Waals surface area (Å²) in [4.78, 5) is 25.0. The van der Waals surface area contributed by atoms with Crippen LogP contribution >= 0.6 is 0 Å². The molecule has 108 valence electrons. The number of hydrogen-bond donors (Lipinski definition) is 2. The van der Waals surface area contributed by atoms with Gasteiger partial charge in [0.15, 0.2) is 0 Å². The highest BCUT2D eigenvalue weighted by molar-refractivity contribution is 5.90. The number of benzene rings is 1. The largest absolute Gasteiger partial charge is 0.375 e. The second-order valence-electron chi connectivity index (χ2n) is 5.06. The van der Waals surface area contributed by atoms with E-state index in [0.717, 1.165) is 13.0 Å². The van der Waals surface area contributed by atoms with Crippen molar-refractivity contribution in [2.24, 2.45) is 0 Å². The summed E-state index contributed by atoms with van der Waals surface area (Å²) < 4.78 is 0. The average molecular weight is 275 g/mol. The van der Waals surface area contributed by atoms with Gasteiger partial charge in [-0.05, 0) is 25.0 Å². The molecule has 1 fully saturated rings. The van der Waals surface area contributed by atoms with E-state index in [2.05, 4.69) is 27.7 Å². The Labute approximate surface area is 119 Å². The quantitative estimate of drug-likeness (QED) is 0.759. The van der Waals surface area contributed by atoms with Crippen LogP contribution in [-0.2, 0) is 9.59 Å². The van der Waals surface area contributed by atoms with E-state index in [1.165, 1.54) is 5.69 Å². The molecule has 0 aromatic heterocycles. The Hall–Kier alpha value is -2.04. The molecule has 1 saturated heterocycles. The van der Waals surface area contributed by atoms with E-state index in [4.69, 9.17) is 0 Å². The Morgan fingerprint density at radius 1 is 1.40 bits per heavy atom. The fourth-order valence-electron chi connectivity index (χ4n) is 2.27. The number of amides is 2. The van der Waals surface area contributed by atoms with Crippen LogP contribution in [0.4, 0.5) is 5.69 Å². The van der Waals surface area contributed by atoms with Crippen molar-refractivity contribution < 1.29 is 9.59 Å². The minimum Gasteiger partial charge on any atom is -0.375 e. The van der Waals surface area contributed by atoms with Crippen LogP contribution in [0.3, 0.4) is 0 Å². The highest BCUT2D eigenvalue weighted by atomic mass is 16.2. The summed E-state index contributed by atoms with van der Waals surface area (Å²) in [5.41, 5.74) is 1.17. The highest BCUT2D eigenvalue weighted by Crippen LogP contribution is 2.10. The van der Waals surface area contributed by atoms with Gasteiger partial charge in [-0.1, -0.05) is 18.2 Å². The number of rotatable bonds is 6. The van der Waals surface area contributed by atoms with Crippen molar-refractivity contribution in [3.8, 4) is 0 Å². The third-order valence-electron chi connectivity index (χ3n) is 3.48. The molecule has 0 radical (unpaired) electrons. The number of para-hydroxylation sites is 1. The lowest BCUT2D eigenvalue weighted by Crippen LogP contribution is -2.42. The topological polar surface area (TPSA) is 61.4 Å². The minimum absolute atomic E-state index is 0.0334. The zero-order chi connectivity index (χ0) is 14.4. The lowest BCUT2D eigenvalue weighted by Gasteiger charge is -2.19. The van der Waals surface area contributed by atoms with Crippen molar-refractivity contribution in [1.82, 2.24) is 10.6 Å². The summed E-state index contributed by atoms with van der Waals surface area (Å²) in [6, 6.07) is 9.80. The minimum atomic E-state index is -0.339. The number of carbonyl (C=O) groups excluding carboxylic acids is 2. The summed E-state index contributed by atoms with van der Waals surface area (Å²) in [7, 11) is 2.04. The van der Waals surface area contributed by atoms with Crippen LogP contribution in [0.15, 0.2) is 30.3 Å². The van der Waals surface area contributed by atoms with Gasteiger partial charge >= 0.3 is 0 Å². The van der Waals surface area contributed by atoms with Gasteiger partial charge in [0.25, 0.3) is 0 Å². The summed E-state index contributed by atoms with van der Waals surface area (Å²) in [5, 5.41) is 5.54. The molecular formula is C15H21N3O2. The molecule has 2 rings (SSSR count). The van der Waals surface area contributed by atoms with Gasteiger partial charge in [-0.3, -0.25) is 9.59 Å². The molecule has 5 heteroatoms. The second kappa shape index (κ2) is 6.93. The van der Waals surface area contributed by atoms with Gasteiger partial charge in [-0.25, -0.2) is 0 Å². The second-order valence-corrected chi connectivity index (χ2v) is 5.06. The van der Waals surface area contributed by atoms with E-state index in [1.807, 2.05) is 25.2 Å². The summed E-state index contributed by atoms with van der Waals surface area (Å²) in [5.74, 6) is -0.104. The monoisotopic (exact) mass is 275 g/mol. The molecule has 5 nitrogen and oxygen atoms in total. The maximum atomic E-state index is 11.8. The van der Waals surface area contributed by atoms with Gasteiger partial charge in [-0.2, -0.15) is 0 Å². The summed E-state index contributed by atoms with van der Waals surface area (Å²) in [6.45, 7) is 1.50. The molecule has 2 N–H and O–H groups in total. The van der Waals surface area contributed by atoms with E-state index in [0.29, 0.717) is 19.4 Å². The van der Waals surface area contributed by atoms with Gasteiger partial charge < -0.3 is 15.5 Å². The predicted molar refractivity (Wildman–Crippen MR) is 78.5 cm³/mol. The van der Waals surface area contributed by atoms with Crippen molar-refractivity contribution in [2.45, 2.75) is 25.3 Å². The Morgan fingerprint density at radius 3 is 2.80 bits per heavy atom. The predicted octanol–water partition coefficient (Wildman–Crippen LogP) is 0.908. The molecule has 0 unspecified atom stereocenters. The third kappa shape index (κ3) is 3.98. The maximum absolute atomic E-state index is 11.8. The fraction of sp³-hybridized carbons (Fsp3) is 0.467. The van der Waals surface area contributed by atoms with Crippen LogP contribution in [0.2, 0.25) is 0 Å². The first-order valence-electron chi connectivity index (χ1n) is 7.00. The lowest BCUT2D eigenvalue weighted by molar-refractivity contribution is -0.125. The first-order chi connectivity index (χ1) is 9.66. The number of nitrogens with zero attached hydrogens (tertiary/aromatic N) is 1. The molecular weight excluding hydrogens is 254 g/mol.